The molecule has 0 amide bonds. The van der Waals surface area contributed by atoms with Crippen molar-refractivity contribution in [2.45, 2.75) is 26.1 Å². The molecular formula is C7H12O. The Balaban J connectivity index is 2.39. The van der Waals surface area contributed by atoms with E-state index in [0.29, 0.717) is 18.1 Å². The third-order valence-corrected chi connectivity index (χ3v) is 1.79. The molecule has 0 radical (unpaired) electrons. The summed E-state index contributed by atoms with van der Waals surface area (Å²) in [4.78, 5) is 0. The topological polar surface area (TPSA) is 9.23 Å². The molecule has 8 heavy (non-hydrogen) atoms. The molecule has 0 spiro atoms. The van der Waals surface area contributed by atoms with Crippen LogP contribution in [0.5, 0.6) is 0 Å². The Bertz CT molecular complexity index is 90.6. The average molecular weight is 112 g/mol. The van der Waals surface area contributed by atoms with Gasteiger partial charge in [0.05, 0.1) is 12.2 Å². The highest BCUT2D eigenvalue weighted by Gasteiger charge is 2.32. The highest BCUT2D eigenvalue weighted by molar-refractivity contribution is 4.94. The fourth-order valence-corrected chi connectivity index (χ4v) is 1.20. The minimum atomic E-state index is 0.405. The molecule has 0 bridgehead atoms. The molecule has 46 valence electrons. The summed E-state index contributed by atoms with van der Waals surface area (Å²) in [7, 11) is 0. The monoisotopic (exact) mass is 112 g/mol. The zero-order valence-corrected chi connectivity index (χ0v) is 5.42. The first-order valence-corrected chi connectivity index (χ1v) is 3.03. The lowest BCUT2D eigenvalue weighted by Gasteiger charge is -2.39. The molecule has 1 aliphatic rings. The summed E-state index contributed by atoms with van der Waals surface area (Å²) in [6.07, 6.45) is 2.78. The Morgan fingerprint density at radius 3 is 2.00 bits per heavy atom. The van der Waals surface area contributed by atoms with Crippen molar-refractivity contribution in [2.24, 2.45) is 5.92 Å². The van der Waals surface area contributed by atoms with Crippen molar-refractivity contribution < 1.29 is 4.74 Å². The van der Waals surface area contributed by atoms with Gasteiger partial charge in [0.25, 0.3) is 0 Å². The van der Waals surface area contributed by atoms with Gasteiger partial charge in [-0.05, 0) is 13.8 Å². The summed E-state index contributed by atoms with van der Waals surface area (Å²) in [5.74, 6) is 0.593. The van der Waals surface area contributed by atoms with E-state index in [0.717, 1.165) is 0 Å². The number of hydrogen-bond donors (Lipinski definition) is 0. The molecule has 1 fully saturated rings. The van der Waals surface area contributed by atoms with Gasteiger partial charge in [-0.3, -0.25) is 0 Å². The average Bonchev–Trinajstić information content (AvgIpc) is 1.67. The van der Waals surface area contributed by atoms with Gasteiger partial charge in [0.15, 0.2) is 0 Å². The normalized spacial score (nSPS) is 45.5. The van der Waals surface area contributed by atoms with Gasteiger partial charge in [0, 0.05) is 5.92 Å². The maximum atomic E-state index is 5.27. The Morgan fingerprint density at radius 1 is 1.38 bits per heavy atom. The zero-order chi connectivity index (χ0) is 6.15. The van der Waals surface area contributed by atoms with Gasteiger partial charge >= 0.3 is 0 Å². The molecule has 0 aromatic heterocycles. The van der Waals surface area contributed by atoms with Crippen LogP contribution in [-0.4, -0.2) is 12.2 Å². The van der Waals surface area contributed by atoms with E-state index in [2.05, 4.69) is 20.4 Å². The van der Waals surface area contributed by atoms with Crippen LogP contribution in [0.2, 0.25) is 0 Å². The summed E-state index contributed by atoms with van der Waals surface area (Å²) >= 11 is 0. The van der Waals surface area contributed by atoms with Crippen molar-refractivity contribution in [1.82, 2.24) is 0 Å². The first kappa shape index (κ1) is 5.83. The molecule has 1 saturated heterocycles. The first-order chi connectivity index (χ1) is 3.75. The second kappa shape index (κ2) is 1.90. The Labute approximate surface area is 50.3 Å². The number of hydrogen-bond acceptors (Lipinski definition) is 1. The lowest BCUT2D eigenvalue weighted by atomic mass is 9.92. The van der Waals surface area contributed by atoms with Gasteiger partial charge in [0.1, 0.15) is 0 Å². The molecule has 1 aliphatic heterocycles. The van der Waals surface area contributed by atoms with E-state index in [1.165, 1.54) is 0 Å². The predicted octanol–water partition coefficient (Wildman–Crippen LogP) is 1.60. The Hall–Kier alpha value is -0.300. The van der Waals surface area contributed by atoms with Crippen LogP contribution in [-0.2, 0) is 4.74 Å². The van der Waals surface area contributed by atoms with Crippen LogP contribution in [0.1, 0.15) is 13.8 Å². The lowest BCUT2D eigenvalue weighted by Crippen LogP contribution is -2.43. The number of rotatable bonds is 1. The van der Waals surface area contributed by atoms with E-state index >= 15 is 0 Å². The maximum absolute atomic E-state index is 5.27. The van der Waals surface area contributed by atoms with Crippen molar-refractivity contribution in [2.75, 3.05) is 0 Å². The molecule has 0 N–H and O–H groups in total. The van der Waals surface area contributed by atoms with Crippen LogP contribution in [0.15, 0.2) is 12.7 Å². The molecule has 2 atom stereocenters. The van der Waals surface area contributed by atoms with Gasteiger partial charge in [-0.25, -0.2) is 0 Å². The summed E-state index contributed by atoms with van der Waals surface area (Å²) in [5, 5.41) is 0. The van der Waals surface area contributed by atoms with Crippen molar-refractivity contribution in [3.8, 4) is 0 Å². The smallest absolute Gasteiger partial charge is 0.0638 e. The molecule has 0 aromatic carbocycles. The fourth-order valence-electron chi connectivity index (χ4n) is 1.20. The van der Waals surface area contributed by atoms with E-state index in [1.54, 1.807) is 0 Å². The lowest BCUT2D eigenvalue weighted by molar-refractivity contribution is -0.144. The van der Waals surface area contributed by atoms with Gasteiger partial charge in [-0.2, -0.15) is 0 Å². The third kappa shape index (κ3) is 0.671. The molecular weight excluding hydrogens is 100 g/mol. The molecule has 1 nitrogen and oxygen atoms in total. The van der Waals surface area contributed by atoms with Crippen LogP contribution in [0.4, 0.5) is 0 Å². The highest BCUT2D eigenvalue weighted by Crippen LogP contribution is 2.27. The zero-order valence-electron chi connectivity index (χ0n) is 5.42. The van der Waals surface area contributed by atoms with E-state index in [4.69, 9.17) is 4.74 Å². The minimum absolute atomic E-state index is 0.405. The Kier molecular flexibility index (Phi) is 1.39. The van der Waals surface area contributed by atoms with E-state index in [1.807, 2.05) is 6.08 Å². The summed E-state index contributed by atoms with van der Waals surface area (Å²) in [5.41, 5.74) is 0. The quantitative estimate of drug-likeness (QED) is 0.468. The van der Waals surface area contributed by atoms with Gasteiger partial charge < -0.3 is 4.74 Å². The van der Waals surface area contributed by atoms with Crippen molar-refractivity contribution >= 4 is 0 Å². The number of ether oxygens (including phenoxy) is 1. The van der Waals surface area contributed by atoms with Crippen LogP contribution >= 0.6 is 0 Å². The van der Waals surface area contributed by atoms with Crippen LogP contribution in [0, 0.1) is 5.92 Å². The molecule has 0 saturated carbocycles. The van der Waals surface area contributed by atoms with E-state index < -0.39 is 0 Å². The van der Waals surface area contributed by atoms with Crippen molar-refractivity contribution in [3.63, 3.8) is 0 Å². The molecule has 1 rings (SSSR count). The molecule has 0 aliphatic carbocycles. The summed E-state index contributed by atoms with van der Waals surface area (Å²) in [6, 6.07) is 0. The van der Waals surface area contributed by atoms with Crippen LogP contribution in [0.3, 0.4) is 0 Å². The molecule has 1 heterocycles. The maximum Gasteiger partial charge on any atom is 0.0638 e. The first-order valence-electron chi connectivity index (χ1n) is 3.03. The minimum Gasteiger partial charge on any atom is -0.374 e. The predicted molar refractivity (Wildman–Crippen MR) is 33.7 cm³/mol. The largest absolute Gasteiger partial charge is 0.374 e. The van der Waals surface area contributed by atoms with Crippen LogP contribution < -0.4 is 0 Å². The second-order valence-corrected chi connectivity index (χ2v) is 2.36. The van der Waals surface area contributed by atoms with Crippen molar-refractivity contribution in [3.05, 3.63) is 12.7 Å². The van der Waals surface area contributed by atoms with Crippen LogP contribution in [0.25, 0.3) is 0 Å². The fraction of sp³-hybridized carbons (Fsp3) is 0.714. The van der Waals surface area contributed by atoms with Gasteiger partial charge in [-0.15, -0.1) is 6.58 Å². The Morgan fingerprint density at radius 2 is 1.88 bits per heavy atom. The molecule has 2 unspecified atom stereocenters. The SMILES string of the molecule is C=CC1C(C)OC1C. The van der Waals surface area contributed by atoms with Crippen molar-refractivity contribution in [1.29, 1.82) is 0 Å². The van der Waals surface area contributed by atoms with Gasteiger partial charge in [0.2, 0.25) is 0 Å². The highest BCUT2D eigenvalue weighted by atomic mass is 16.5. The third-order valence-electron chi connectivity index (χ3n) is 1.79. The second-order valence-electron chi connectivity index (χ2n) is 2.36. The van der Waals surface area contributed by atoms with Gasteiger partial charge in [-0.1, -0.05) is 6.08 Å². The summed E-state index contributed by atoms with van der Waals surface area (Å²) < 4.78 is 5.27. The molecule has 0 aromatic rings. The summed E-state index contributed by atoms with van der Waals surface area (Å²) in [6.45, 7) is 7.86. The van der Waals surface area contributed by atoms with E-state index in [9.17, 15) is 0 Å². The van der Waals surface area contributed by atoms with E-state index in [-0.39, 0.29) is 0 Å². The standard InChI is InChI=1S/C7H12O/c1-4-7-5(2)8-6(7)3/h4-7H,1H2,2-3H3. The molecule has 1 heteroatoms.